The Labute approximate surface area is 207 Å². The molecule has 2 saturated carbocycles. The van der Waals surface area contributed by atoms with Gasteiger partial charge in [0.15, 0.2) is 11.5 Å². The summed E-state index contributed by atoms with van der Waals surface area (Å²) < 4.78 is 32.2. The number of hydrogen-bond donors (Lipinski definition) is 2. The lowest BCUT2D eigenvalue weighted by molar-refractivity contribution is -0.120. The molecule has 1 heterocycles. The first kappa shape index (κ1) is 22.7. The van der Waals surface area contributed by atoms with E-state index in [4.69, 9.17) is 9.47 Å². The van der Waals surface area contributed by atoms with E-state index >= 15 is 0 Å². The van der Waals surface area contributed by atoms with Gasteiger partial charge in [-0.1, -0.05) is 48.9 Å². The Kier molecular flexibility index (Phi) is 5.63. The Bertz CT molecular complexity index is 1260. The fraction of sp³-hybridized carbons (Fsp3) is 0.345. The van der Waals surface area contributed by atoms with Crippen molar-refractivity contribution < 1.29 is 23.4 Å². The highest BCUT2D eigenvalue weighted by Crippen LogP contribution is 2.53. The molecule has 2 N–H and O–H groups in total. The van der Waals surface area contributed by atoms with Gasteiger partial charge in [-0.25, -0.2) is 0 Å². The highest BCUT2D eigenvalue weighted by molar-refractivity contribution is 8.24. The fourth-order valence-corrected chi connectivity index (χ4v) is 6.97. The molecule has 3 aromatic rings. The maximum absolute atomic E-state index is 13.4. The van der Waals surface area contributed by atoms with Gasteiger partial charge in [0.25, 0.3) is 0 Å². The number of ketones is 1. The Balaban J connectivity index is 1.17. The molecule has 0 radical (unpaired) electrons. The summed E-state index contributed by atoms with van der Waals surface area (Å²) in [4.78, 5) is 14.0. The van der Waals surface area contributed by atoms with Crippen LogP contribution >= 0.6 is 10.6 Å². The van der Waals surface area contributed by atoms with Gasteiger partial charge in [0.05, 0.1) is 10.3 Å². The van der Waals surface area contributed by atoms with E-state index in [0.29, 0.717) is 23.0 Å². The van der Waals surface area contributed by atoms with E-state index < -0.39 is 16.0 Å². The molecule has 5 nitrogen and oxygen atoms in total. The molecule has 3 aliphatic rings. The van der Waals surface area contributed by atoms with Gasteiger partial charge in [-0.05, 0) is 78.1 Å². The van der Waals surface area contributed by atoms with Gasteiger partial charge in [-0.15, -0.1) is 0 Å². The average Bonchev–Trinajstić information content (AvgIpc) is 3.53. The first-order valence-electron chi connectivity index (χ1n) is 12.3. The molecule has 2 aliphatic carbocycles. The van der Waals surface area contributed by atoms with E-state index in [2.05, 4.69) is 6.07 Å². The number of hydrogen-bond acceptors (Lipinski definition) is 5. The standard InChI is InChI=1S/C29H30O5S/c30-28(29(13-14-29)24-9-12-26-27(17-24)34-19-33-26)16-21-5-2-6-23(15-21)22-7-10-25(11-8-22)35(31,32)18-20-3-1-4-20/h2,5-12,15,17,20,31-32H,1,3-4,13-14,16,18-19H2. The van der Waals surface area contributed by atoms with E-state index in [1.807, 2.05) is 60.7 Å². The van der Waals surface area contributed by atoms with Crippen molar-refractivity contribution in [1.82, 2.24) is 0 Å². The molecule has 0 amide bonds. The Morgan fingerprint density at radius 2 is 1.69 bits per heavy atom. The summed E-state index contributed by atoms with van der Waals surface area (Å²) in [5, 5.41) is 0. The quantitative estimate of drug-likeness (QED) is 0.362. The highest BCUT2D eigenvalue weighted by atomic mass is 32.3. The number of carbonyl (C=O) groups is 1. The van der Waals surface area contributed by atoms with Crippen molar-refractivity contribution in [2.45, 2.75) is 48.8 Å². The normalized spacial score (nSPS) is 18.7. The van der Waals surface area contributed by atoms with Crippen molar-refractivity contribution >= 4 is 16.4 Å². The predicted molar refractivity (Wildman–Crippen MR) is 137 cm³/mol. The van der Waals surface area contributed by atoms with Crippen molar-refractivity contribution in [3.8, 4) is 22.6 Å². The largest absolute Gasteiger partial charge is 0.454 e. The van der Waals surface area contributed by atoms with Crippen LogP contribution in [0.5, 0.6) is 11.5 Å². The van der Waals surface area contributed by atoms with Crippen LogP contribution in [0.15, 0.2) is 71.6 Å². The molecule has 0 aromatic heterocycles. The molecule has 35 heavy (non-hydrogen) atoms. The molecule has 3 aromatic carbocycles. The lowest BCUT2D eigenvalue weighted by Crippen LogP contribution is -2.22. The minimum atomic E-state index is -2.74. The van der Waals surface area contributed by atoms with Gasteiger partial charge in [0.2, 0.25) is 6.79 Å². The number of rotatable bonds is 8. The Hall–Kier alpha value is -2.80. The highest BCUT2D eigenvalue weighted by Gasteiger charge is 2.50. The summed E-state index contributed by atoms with van der Waals surface area (Å²) in [7, 11) is -2.74. The minimum Gasteiger partial charge on any atom is -0.454 e. The van der Waals surface area contributed by atoms with Crippen molar-refractivity contribution in [1.29, 1.82) is 0 Å². The summed E-state index contributed by atoms with van der Waals surface area (Å²) in [6.07, 6.45) is 5.47. The van der Waals surface area contributed by atoms with Crippen LogP contribution in [0.25, 0.3) is 11.1 Å². The monoisotopic (exact) mass is 490 g/mol. The van der Waals surface area contributed by atoms with Crippen LogP contribution in [0.4, 0.5) is 0 Å². The number of carbonyl (C=O) groups excluding carboxylic acids is 1. The van der Waals surface area contributed by atoms with E-state index in [1.165, 1.54) is 6.42 Å². The first-order valence-corrected chi connectivity index (χ1v) is 14.0. The zero-order valence-electron chi connectivity index (χ0n) is 19.6. The smallest absolute Gasteiger partial charge is 0.231 e. The van der Waals surface area contributed by atoms with Gasteiger partial charge >= 0.3 is 0 Å². The summed E-state index contributed by atoms with van der Waals surface area (Å²) in [5.74, 6) is 2.58. The fourth-order valence-electron chi connectivity index (χ4n) is 5.21. The van der Waals surface area contributed by atoms with Gasteiger partial charge < -0.3 is 9.47 Å². The molecular weight excluding hydrogens is 460 g/mol. The molecule has 0 saturated heterocycles. The maximum atomic E-state index is 13.4. The van der Waals surface area contributed by atoms with Crippen LogP contribution in [-0.2, 0) is 16.6 Å². The number of benzene rings is 3. The van der Waals surface area contributed by atoms with Gasteiger partial charge in [-0.3, -0.25) is 13.9 Å². The van der Waals surface area contributed by atoms with Gasteiger partial charge in [0.1, 0.15) is 5.78 Å². The molecule has 182 valence electrons. The minimum absolute atomic E-state index is 0.229. The Morgan fingerprint density at radius 3 is 2.40 bits per heavy atom. The number of ether oxygens (including phenoxy) is 2. The molecule has 2 fully saturated rings. The van der Waals surface area contributed by atoms with Crippen molar-refractivity contribution in [2.75, 3.05) is 12.5 Å². The zero-order valence-corrected chi connectivity index (χ0v) is 20.4. The summed E-state index contributed by atoms with van der Waals surface area (Å²) in [6.45, 7) is 0.229. The summed E-state index contributed by atoms with van der Waals surface area (Å²) in [6, 6.07) is 21.5. The summed E-state index contributed by atoms with van der Waals surface area (Å²) in [5.41, 5.74) is 3.59. The first-order chi connectivity index (χ1) is 16.9. The molecule has 0 bridgehead atoms. The topological polar surface area (TPSA) is 76.0 Å². The Morgan fingerprint density at radius 1 is 0.914 bits per heavy atom. The lowest BCUT2D eigenvalue weighted by Gasteiger charge is -2.39. The molecule has 6 heteroatoms. The molecule has 0 spiro atoms. The second-order valence-electron chi connectivity index (χ2n) is 10.1. The lowest BCUT2D eigenvalue weighted by atomic mass is 9.87. The van der Waals surface area contributed by atoms with Crippen molar-refractivity contribution in [3.63, 3.8) is 0 Å². The predicted octanol–water partition coefficient (Wildman–Crippen LogP) is 6.84. The SMILES string of the molecule is O=C(Cc1cccc(-c2ccc(S(O)(O)CC3CCC3)cc2)c1)C1(c2ccc3c(c2)OCO3)CC1. The van der Waals surface area contributed by atoms with Crippen LogP contribution < -0.4 is 9.47 Å². The zero-order chi connectivity index (χ0) is 24.0. The molecule has 0 unspecified atom stereocenters. The third-order valence-corrected chi connectivity index (χ3v) is 9.72. The number of Topliss-reactive ketones (excluding diaryl/α,β-unsaturated/α-hetero) is 1. The van der Waals surface area contributed by atoms with E-state index in [1.54, 1.807) is 0 Å². The van der Waals surface area contributed by atoms with Crippen LogP contribution in [0.2, 0.25) is 0 Å². The third kappa shape index (κ3) is 4.35. The average molecular weight is 491 g/mol. The molecule has 6 rings (SSSR count). The summed E-state index contributed by atoms with van der Waals surface area (Å²) >= 11 is 0. The van der Waals surface area contributed by atoms with Crippen LogP contribution in [-0.4, -0.2) is 27.4 Å². The molecular formula is C29H30O5S. The second kappa shape index (κ2) is 8.70. The van der Waals surface area contributed by atoms with E-state index in [9.17, 15) is 13.9 Å². The van der Waals surface area contributed by atoms with E-state index in [-0.39, 0.29) is 12.6 Å². The van der Waals surface area contributed by atoms with Crippen LogP contribution in [0, 0.1) is 5.92 Å². The van der Waals surface area contributed by atoms with Crippen molar-refractivity contribution in [3.05, 3.63) is 77.9 Å². The van der Waals surface area contributed by atoms with Crippen molar-refractivity contribution in [2.24, 2.45) is 5.92 Å². The van der Waals surface area contributed by atoms with Crippen LogP contribution in [0.3, 0.4) is 0 Å². The maximum Gasteiger partial charge on any atom is 0.231 e. The third-order valence-electron chi connectivity index (χ3n) is 7.76. The van der Waals surface area contributed by atoms with Crippen LogP contribution in [0.1, 0.15) is 43.2 Å². The number of fused-ring (bicyclic) bond motifs is 1. The second-order valence-corrected chi connectivity index (χ2v) is 12.2. The molecule has 1 aliphatic heterocycles. The molecule has 0 atom stereocenters. The van der Waals surface area contributed by atoms with E-state index in [0.717, 1.165) is 59.4 Å². The van der Waals surface area contributed by atoms with Gasteiger partial charge in [-0.2, -0.15) is 10.6 Å². The van der Waals surface area contributed by atoms with Gasteiger partial charge in [0, 0.05) is 12.2 Å².